The van der Waals surface area contributed by atoms with Crippen molar-refractivity contribution in [3.05, 3.63) is 0 Å². The minimum Gasteiger partial charge on any atom is -0.343 e. The van der Waals surface area contributed by atoms with Crippen LogP contribution >= 0.6 is 12.6 Å². The summed E-state index contributed by atoms with van der Waals surface area (Å²) in [6.07, 6.45) is 4.53. The molecule has 2 fully saturated rings. The maximum atomic E-state index is 11.9. The molecule has 0 radical (unpaired) electrons. The average Bonchev–Trinajstić information content (AvgIpc) is 2.75. The van der Waals surface area contributed by atoms with Gasteiger partial charge in [-0.3, -0.25) is 9.59 Å². The molecule has 2 amide bonds. The van der Waals surface area contributed by atoms with Crippen LogP contribution in [0.4, 0.5) is 0 Å². The molecule has 6 heteroatoms. The number of thiol groups is 1. The van der Waals surface area contributed by atoms with E-state index in [4.69, 9.17) is 0 Å². The Hall–Kier alpha value is -0.750. The van der Waals surface area contributed by atoms with Crippen LogP contribution in [0, 0.1) is 11.8 Å². The summed E-state index contributed by atoms with van der Waals surface area (Å²) >= 11 is 4.38. The zero-order valence-corrected chi connectivity index (χ0v) is 13.0. The normalized spacial score (nSPS) is 30.6. The van der Waals surface area contributed by atoms with Gasteiger partial charge in [0.2, 0.25) is 11.8 Å². The van der Waals surface area contributed by atoms with Gasteiger partial charge >= 0.3 is 0 Å². The van der Waals surface area contributed by atoms with E-state index in [1.54, 1.807) is 0 Å². The molecule has 1 aliphatic heterocycles. The summed E-state index contributed by atoms with van der Waals surface area (Å²) in [6.45, 7) is 2.16. The highest BCUT2D eigenvalue weighted by atomic mass is 32.1. The van der Waals surface area contributed by atoms with E-state index in [2.05, 4.69) is 23.3 Å². The van der Waals surface area contributed by atoms with Gasteiger partial charge in [0, 0.05) is 30.7 Å². The number of carbonyl (C=O) groups excluding carboxylic acids is 2. The molecule has 114 valence electrons. The first-order valence-corrected chi connectivity index (χ1v) is 8.00. The molecule has 1 heterocycles. The average molecular weight is 299 g/mol. The zero-order chi connectivity index (χ0) is 14.5. The van der Waals surface area contributed by atoms with Gasteiger partial charge in [0.1, 0.15) is 0 Å². The third kappa shape index (κ3) is 4.12. The Labute approximate surface area is 126 Å². The molecular weight excluding hydrogens is 274 g/mol. The lowest BCUT2D eigenvalue weighted by molar-refractivity contribution is -0.129. The van der Waals surface area contributed by atoms with Crippen molar-refractivity contribution in [2.45, 2.75) is 37.4 Å². The minimum absolute atomic E-state index is 0.145. The summed E-state index contributed by atoms with van der Waals surface area (Å²) in [7, 11) is 1.82. The second-order valence-corrected chi connectivity index (χ2v) is 6.68. The Morgan fingerprint density at radius 3 is 2.60 bits per heavy atom. The largest absolute Gasteiger partial charge is 0.343 e. The maximum absolute atomic E-state index is 11.9. The third-order valence-electron chi connectivity index (χ3n) is 4.33. The number of carbonyl (C=O) groups is 2. The molecule has 0 bridgehead atoms. The SMILES string of the molecule is CNCNC(=O)C1CCC(CN2CC(S)CC2=O)CC1. The second kappa shape index (κ2) is 7.31. The van der Waals surface area contributed by atoms with Crippen LogP contribution in [-0.2, 0) is 9.59 Å². The van der Waals surface area contributed by atoms with Crippen molar-refractivity contribution in [1.29, 1.82) is 0 Å². The molecule has 20 heavy (non-hydrogen) atoms. The highest BCUT2D eigenvalue weighted by molar-refractivity contribution is 7.81. The highest BCUT2D eigenvalue weighted by Gasteiger charge is 2.31. The van der Waals surface area contributed by atoms with Crippen molar-refractivity contribution in [3.63, 3.8) is 0 Å². The van der Waals surface area contributed by atoms with Crippen LogP contribution in [0.2, 0.25) is 0 Å². The summed E-state index contributed by atoms with van der Waals surface area (Å²) in [4.78, 5) is 25.6. The van der Waals surface area contributed by atoms with E-state index in [0.29, 0.717) is 19.0 Å². The molecule has 0 spiro atoms. The summed E-state index contributed by atoms with van der Waals surface area (Å²) in [5, 5.41) is 6.00. The molecule has 2 N–H and O–H groups in total. The van der Waals surface area contributed by atoms with Crippen LogP contribution in [-0.4, -0.2) is 48.8 Å². The third-order valence-corrected chi connectivity index (χ3v) is 4.68. The van der Waals surface area contributed by atoms with Gasteiger partial charge in [0.15, 0.2) is 0 Å². The zero-order valence-electron chi connectivity index (χ0n) is 12.1. The van der Waals surface area contributed by atoms with Crippen LogP contribution in [0.1, 0.15) is 32.1 Å². The summed E-state index contributed by atoms with van der Waals surface area (Å²) in [5.41, 5.74) is 0. The fourth-order valence-electron chi connectivity index (χ4n) is 3.17. The molecule has 0 aromatic heterocycles. The molecular formula is C14H25N3O2S. The topological polar surface area (TPSA) is 61.4 Å². The van der Waals surface area contributed by atoms with Gasteiger partial charge < -0.3 is 15.5 Å². The standard InChI is InChI=1S/C14H25N3O2S/c1-15-9-16-14(19)11-4-2-10(3-5-11)7-17-8-12(20)6-13(17)18/h10-12,15,20H,2-9H2,1H3,(H,16,19). The number of nitrogens with one attached hydrogen (secondary N) is 2. The first-order valence-electron chi connectivity index (χ1n) is 7.48. The van der Waals surface area contributed by atoms with Gasteiger partial charge in [-0.25, -0.2) is 0 Å². The summed E-state index contributed by atoms with van der Waals surface area (Å²) < 4.78 is 0. The monoisotopic (exact) mass is 299 g/mol. The van der Waals surface area contributed by atoms with Crippen LogP contribution < -0.4 is 10.6 Å². The van der Waals surface area contributed by atoms with Crippen molar-refractivity contribution in [1.82, 2.24) is 15.5 Å². The van der Waals surface area contributed by atoms with Gasteiger partial charge in [-0.15, -0.1) is 0 Å². The van der Waals surface area contributed by atoms with E-state index >= 15 is 0 Å². The van der Waals surface area contributed by atoms with Gasteiger partial charge in [0.25, 0.3) is 0 Å². The Morgan fingerprint density at radius 2 is 2.05 bits per heavy atom. The van der Waals surface area contributed by atoms with E-state index in [0.717, 1.165) is 38.8 Å². The molecule has 1 saturated heterocycles. The predicted molar refractivity (Wildman–Crippen MR) is 81.5 cm³/mol. The number of rotatable bonds is 5. The molecule has 1 saturated carbocycles. The van der Waals surface area contributed by atoms with Crippen molar-refractivity contribution >= 4 is 24.4 Å². The first-order chi connectivity index (χ1) is 9.60. The molecule has 0 aromatic rings. The Balaban J connectivity index is 1.71. The number of amides is 2. The Bertz CT molecular complexity index is 356. The Kier molecular flexibility index (Phi) is 5.72. The molecule has 5 nitrogen and oxygen atoms in total. The first kappa shape index (κ1) is 15.6. The molecule has 0 aromatic carbocycles. The van der Waals surface area contributed by atoms with Gasteiger partial charge in [0.05, 0.1) is 6.67 Å². The number of nitrogens with zero attached hydrogens (tertiary/aromatic N) is 1. The lowest BCUT2D eigenvalue weighted by atomic mass is 9.81. The summed E-state index contributed by atoms with van der Waals surface area (Å²) in [6, 6.07) is 0. The lowest BCUT2D eigenvalue weighted by Crippen LogP contribution is -2.39. The van der Waals surface area contributed by atoms with Crippen LogP contribution in [0.15, 0.2) is 0 Å². The fraction of sp³-hybridized carbons (Fsp3) is 0.857. The van der Waals surface area contributed by atoms with Crippen LogP contribution in [0.3, 0.4) is 0 Å². The quantitative estimate of drug-likeness (QED) is 0.515. The van der Waals surface area contributed by atoms with E-state index < -0.39 is 0 Å². The van der Waals surface area contributed by atoms with Gasteiger partial charge in [-0.2, -0.15) is 12.6 Å². The number of likely N-dealkylation sites (tertiary alicyclic amines) is 1. The molecule has 1 unspecified atom stereocenters. The lowest BCUT2D eigenvalue weighted by Gasteiger charge is -2.30. The van der Waals surface area contributed by atoms with Crippen molar-refractivity contribution in [2.24, 2.45) is 11.8 Å². The highest BCUT2D eigenvalue weighted by Crippen LogP contribution is 2.30. The maximum Gasteiger partial charge on any atom is 0.224 e. The minimum atomic E-state index is 0.145. The van der Waals surface area contributed by atoms with Crippen molar-refractivity contribution < 1.29 is 9.59 Å². The van der Waals surface area contributed by atoms with Gasteiger partial charge in [-0.05, 0) is 38.6 Å². The number of hydrogen-bond acceptors (Lipinski definition) is 4. The second-order valence-electron chi connectivity index (χ2n) is 5.95. The summed E-state index contributed by atoms with van der Waals surface area (Å²) in [5.74, 6) is 1.08. The fourth-order valence-corrected chi connectivity index (χ4v) is 3.52. The van der Waals surface area contributed by atoms with Crippen LogP contribution in [0.25, 0.3) is 0 Å². The van der Waals surface area contributed by atoms with E-state index in [9.17, 15) is 9.59 Å². The molecule has 1 atom stereocenters. The van der Waals surface area contributed by atoms with Crippen LogP contribution in [0.5, 0.6) is 0 Å². The predicted octanol–water partition coefficient (Wildman–Crippen LogP) is 0.617. The van der Waals surface area contributed by atoms with E-state index in [1.807, 2.05) is 11.9 Å². The molecule has 2 aliphatic rings. The molecule has 1 aliphatic carbocycles. The Morgan fingerprint density at radius 1 is 1.35 bits per heavy atom. The van der Waals surface area contributed by atoms with E-state index in [-0.39, 0.29) is 23.0 Å². The molecule has 2 rings (SSSR count). The van der Waals surface area contributed by atoms with Crippen molar-refractivity contribution in [2.75, 3.05) is 26.8 Å². The smallest absolute Gasteiger partial charge is 0.224 e. The van der Waals surface area contributed by atoms with E-state index in [1.165, 1.54) is 0 Å². The van der Waals surface area contributed by atoms with Crippen molar-refractivity contribution in [3.8, 4) is 0 Å². The number of hydrogen-bond donors (Lipinski definition) is 3. The van der Waals surface area contributed by atoms with Gasteiger partial charge in [-0.1, -0.05) is 0 Å².